The Morgan fingerprint density at radius 3 is 2.48 bits per heavy atom. The molecule has 0 aliphatic rings. The van der Waals surface area contributed by atoms with Crippen LogP contribution in [0, 0.1) is 20.8 Å². The number of carboxylic acids is 1. The van der Waals surface area contributed by atoms with Crippen molar-refractivity contribution in [1.29, 1.82) is 0 Å². The summed E-state index contributed by atoms with van der Waals surface area (Å²) in [6.07, 6.45) is 0. The van der Waals surface area contributed by atoms with Gasteiger partial charge in [-0.2, -0.15) is 0 Å². The molecule has 0 aromatic carbocycles. The Kier molecular flexibility index (Phi) is 4.22. The van der Waals surface area contributed by atoms with E-state index >= 15 is 0 Å². The van der Waals surface area contributed by atoms with Crippen molar-refractivity contribution in [1.82, 2.24) is 4.72 Å². The summed E-state index contributed by atoms with van der Waals surface area (Å²) in [5, 5.41) is 8.92. The quantitative estimate of drug-likeness (QED) is 0.878. The molecule has 0 saturated heterocycles. The predicted octanol–water partition coefficient (Wildman–Crippen LogP) is 2.44. The van der Waals surface area contributed by atoms with E-state index in [-0.39, 0.29) is 27.8 Å². The van der Waals surface area contributed by atoms with Gasteiger partial charge in [0.1, 0.15) is 21.3 Å². The molecule has 2 aromatic heterocycles. The first-order valence-corrected chi connectivity index (χ1v) is 8.40. The normalized spacial score (nSPS) is 11.8. The van der Waals surface area contributed by atoms with Crippen LogP contribution in [0.3, 0.4) is 0 Å². The fraction of sp³-hybridized carbons (Fsp3) is 0.308. The van der Waals surface area contributed by atoms with Gasteiger partial charge in [-0.3, -0.25) is 0 Å². The predicted molar refractivity (Wildman–Crippen MR) is 78.2 cm³/mol. The van der Waals surface area contributed by atoms with E-state index in [4.69, 9.17) is 9.52 Å². The van der Waals surface area contributed by atoms with Crippen LogP contribution >= 0.6 is 11.3 Å². The maximum absolute atomic E-state index is 12.1. The highest BCUT2D eigenvalue weighted by Crippen LogP contribution is 2.25. The summed E-state index contributed by atoms with van der Waals surface area (Å²) in [6, 6.07) is 2.93. The summed E-state index contributed by atoms with van der Waals surface area (Å²) >= 11 is 1.19. The number of thiophene rings is 1. The lowest BCUT2D eigenvalue weighted by Crippen LogP contribution is -2.22. The first kappa shape index (κ1) is 15.7. The zero-order valence-corrected chi connectivity index (χ0v) is 13.4. The molecule has 114 valence electrons. The maximum Gasteiger partial charge on any atom is 0.339 e. The minimum Gasteiger partial charge on any atom is -0.478 e. The first-order chi connectivity index (χ1) is 9.70. The molecule has 0 fully saturated rings. The lowest BCUT2D eigenvalue weighted by Gasteiger charge is -2.02. The number of aryl methyl sites for hydroxylation is 3. The Balaban J connectivity index is 2.15. The van der Waals surface area contributed by atoms with Gasteiger partial charge in [0.15, 0.2) is 0 Å². The summed E-state index contributed by atoms with van der Waals surface area (Å²) in [6.45, 7) is 5.13. The second kappa shape index (κ2) is 5.63. The molecule has 0 saturated carbocycles. The molecule has 0 aliphatic heterocycles. The highest BCUT2D eigenvalue weighted by atomic mass is 32.2. The Morgan fingerprint density at radius 1 is 1.33 bits per heavy atom. The molecule has 0 aliphatic carbocycles. The smallest absolute Gasteiger partial charge is 0.339 e. The molecular formula is C13H15NO5S2. The van der Waals surface area contributed by atoms with Crippen molar-refractivity contribution in [3.8, 4) is 0 Å². The average molecular weight is 329 g/mol. The molecule has 0 spiro atoms. The van der Waals surface area contributed by atoms with Crippen molar-refractivity contribution in [3.05, 3.63) is 39.7 Å². The van der Waals surface area contributed by atoms with Crippen molar-refractivity contribution in [3.63, 3.8) is 0 Å². The van der Waals surface area contributed by atoms with Crippen molar-refractivity contribution in [2.24, 2.45) is 0 Å². The van der Waals surface area contributed by atoms with Crippen molar-refractivity contribution >= 4 is 27.3 Å². The molecule has 21 heavy (non-hydrogen) atoms. The monoisotopic (exact) mass is 329 g/mol. The Labute approximate surface area is 126 Å². The van der Waals surface area contributed by atoms with Crippen LogP contribution in [0.4, 0.5) is 0 Å². The van der Waals surface area contributed by atoms with E-state index < -0.39 is 16.0 Å². The van der Waals surface area contributed by atoms with Gasteiger partial charge in [-0.25, -0.2) is 17.9 Å². The van der Waals surface area contributed by atoms with E-state index in [1.54, 1.807) is 6.07 Å². The van der Waals surface area contributed by atoms with E-state index in [0.717, 1.165) is 10.4 Å². The van der Waals surface area contributed by atoms with E-state index in [9.17, 15) is 13.2 Å². The van der Waals surface area contributed by atoms with Crippen LogP contribution in [0.1, 0.15) is 32.3 Å². The average Bonchev–Trinajstić information content (AvgIpc) is 2.92. The van der Waals surface area contributed by atoms with Crippen LogP contribution in [0.5, 0.6) is 0 Å². The summed E-state index contributed by atoms with van der Waals surface area (Å²) in [5.74, 6) is -0.590. The van der Waals surface area contributed by atoms with Gasteiger partial charge in [0.05, 0.1) is 6.54 Å². The third-order valence-corrected chi connectivity index (χ3v) is 6.07. The highest BCUT2D eigenvalue weighted by Gasteiger charge is 2.19. The van der Waals surface area contributed by atoms with E-state index in [1.165, 1.54) is 24.3 Å². The second-order valence-corrected chi connectivity index (χ2v) is 7.87. The second-order valence-electron chi connectivity index (χ2n) is 4.62. The molecule has 0 atom stereocenters. The molecule has 0 amide bonds. The summed E-state index contributed by atoms with van der Waals surface area (Å²) < 4.78 is 32.2. The molecular weight excluding hydrogens is 314 g/mol. The molecule has 2 N–H and O–H groups in total. The third kappa shape index (κ3) is 3.34. The molecule has 8 heteroatoms. The SMILES string of the molecule is Cc1cc(S(=O)(=O)NCc2cc(C(=O)O)c(C)o2)sc1C. The van der Waals surface area contributed by atoms with Gasteiger partial charge in [-0.05, 0) is 38.5 Å². The van der Waals surface area contributed by atoms with Crippen LogP contribution in [-0.2, 0) is 16.6 Å². The van der Waals surface area contributed by atoms with Crippen molar-refractivity contribution < 1.29 is 22.7 Å². The van der Waals surface area contributed by atoms with Gasteiger partial charge < -0.3 is 9.52 Å². The highest BCUT2D eigenvalue weighted by molar-refractivity contribution is 7.91. The summed E-state index contributed by atoms with van der Waals surface area (Å²) in [4.78, 5) is 11.8. The lowest BCUT2D eigenvalue weighted by atomic mass is 10.2. The number of carboxylic acid groups (broad SMARTS) is 1. The Morgan fingerprint density at radius 2 is 2.00 bits per heavy atom. The van der Waals surface area contributed by atoms with E-state index in [2.05, 4.69) is 4.72 Å². The van der Waals surface area contributed by atoms with Crippen LogP contribution in [0.25, 0.3) is 0 Å². The molecule has 0 unspecified atom stereocenters. The van der Waals surface area contributed by atoms with Gasteiger partial charge in [0.25, 0.3) is 0 Å². The standard InChI is InChI=1S/C13H15NO5S2/c1-7-4-12(20-9(7)3)21(17,18)14-6-10-5-11(13(15)16)8(2)19-10/h4-5,14H,6H2,1-3H3,(H,15,16). The number of rotatable bonds is 5. The van der Waals surface area contributed by atoms with Crippen molar-refractivity contribution in [2.75, 3.05) is 0 Å². The molecule has 6 nitrogen and oxygen atoms in total. The van der Waals surface area contributed by atoms with Crippen LogP contribution in [0.15, 0.2) is 20.8 Å². The minimum atomic E-state index is -3.62. The van der Waals surface area contributed by atoms with E-state index in [1.807, 2.05) is 13.8 Å². The molecule has 2 aromatic rings. The van der Waals surface area contributed by atoms with Gasteiger partial charge >= 0.3 is 5.97 Å². The van der Waals surface area contributed by atoms with Crippen LogP contribution in [-0.4, -0.2) is 19.5 Å². The molecule has 2 rings (SSSR count). The lowest BCUT2D eigenvalue weighted by molar-refractivity contribution is 0.0695. The maximum atomic E-state index is 12.1. The first-order valence-electron chi connectivity index (χ1n) is 6.10. The fourth-order valence-electron chi connectivity index (χ4n) is 1.75. The number of aromatic carboxylic acids is 1. The zero-order valence-electron chi connectivity index (χ0n) is 11.8. The molecule has 2 heterocycles. The van der Waals surface area contributed by atoms with Gasteiger partial charge in [0, 0.05) is 4.88 Å². The summed E-state index contributed by atoms with van der Waals surface area (Å²) in [5.41, 5.74) is 0.953. The number of carbonyl (C=O) groups is 1. The topological polar surface area (TPSA) is 96.6 Å². The number of hydrogen-bond acceptors (Lipinski definition) is 5. The largest absolute Gasteiger partial charge is 0.478 e. The van der Waals surface area contributed by atoms with E-state index in [0.29, 0.717) is 0 Å². The Bertz CT molecular complexity index is 766. The minimum absolute atomic E-state index is 0.0343. The summed E-state index contributed by atoms with van der Waals surface area (Å²) in [7, 11) is -3.62. The van der Waals surface area contributed by atoms with Crippen molar-refractivity contribution in [2.45, 2.75) is 31.5 Å². The molecule has 0 radical (unpaired) electrons. The van der Waals surface area contributed by atoms with Crippen LogP contribution < -0.4 is 4.72 Å². The number of sulfonamides is 1. The van der Waals surface area contributed by atoms with Gasteiger partial charge in [-0.1, -0.05) is 0 Å². The van der Waals surface area contributed by atoms with Gasteiger partial charge in [-0.15, -0.1) is 11.3 Å². The van der Waals surface area contributed by atoms with Gasteiger partial charge in [0.2, 0.25) is 10.0 Å². The molecule has 0 bridgehead atoms. The third-order valence-electron chi connectivity index (χ3n) is 3.04. The van der Waals surface area contributed by atoms with Crippen LogP contribution in [0.2, 0.25) is 0 Å². The number of furan rings is 1. The number of nitrogens with one attached hydrogen (secondary N) is 1. The number of hydrogen-bond donors (Lipinski definition) is 2. The zero-order chi connectivity index (χ0) is 15.8. The fourth-order valence-corrected chi connectivity index (χ4v) is 4.31. The Hall–Kier alpha value is -1.64.